The van der Waals surface area contributed by atoms with Crippen molar-refractivity contribution < 1.29 is 10.0 Å². The van der Waals surface area contributed by atoms with E-state index in [2.05, 4.69) is 6.92 Å². The molecule has 20 heavy (non-hydrogen) atoms. The molecular weight excluding hydrogens is 250 g/mol. The second kappa shape index (κ2) is 14.8. The number of nitrogens with one attached hydrogen (secondary N) is 1. The van der Waals surface area contributed by atoms with Crippen molar-refractivity contribution in [1.29, 1.82) is 0 Å². The Bertz CT molecular complexity index is 219. The van der Waals surface area contributed by atoms with Crippen molar-refractivity contribution in [2.24, 2.45) is 5.92 Å². The summed E-state index contributed by atoms with van der Waals surface area (Å²) >= 11 is 0. The zero-order valence-electron chi connectivity index (χ0n) is 13.6. The van der Waals surface area contributed by atoms with E-state index in [1.54, 1.807) is 5.48 Å². The molecule has 0 rings (SSSR count). The standard InChI is InChI=1S/C17H35NO2/c1-3-4-5-6-7-8-9-10-11-12-13-14-15-16(2)17(19)18-20/h16,20H,3-15H2,1-2H3,(H,18,19). The van der Waals surface area contributed by atoms with E-state index < -0.39 is 0 Å². The summed E-state index contributed by atoms with van der Waals surface area (Å²) < 4.78 is 0. The van der Waals surface area contributed by atoms with Crippen molar-refractivity contribution in [2.45, 2.75) is 97.3 Å². The molecular formula is C17H35NO2. The van der Waals surface area contributed by atoms with Crippen LogP contribution in [0.5, 0.6) is 0 Å². The van der Waals surface area contributed by atoms with E-state index in [0.29, 0.717) is 0 Å². The Kier molecular flexibility index (Phi) is 14.4. The maximum atomic E-state index is 11.1. The van der Waals surface area contributed by atoms with Crippen LogP contribution in [0, 0.1) is 5.92 Å². The summed E-state index contributed by atoms with van der Waals surface area (Å²) in [5.41, 5.74) is 1.72. The zero-order valence-corrected chi connectivity index (χ0v) is 13.6. The van der Waals surface area contributed by atoms with Crippen LogP contribution in [-0.4, -0.2) is 11.1 Å². The van der Waals surface area contributed by atoms with Gasteiger partial charge in [-0.1, -0.05) is 90.9 Å². The van der Waals surface area contributed by atoms with Crippen molar-refractivity contribution in [3.8, 4) is 0 Å². The summed E-state index contributed by atoms with van der Waals surface area (Å²) in [4.78, 5) is 11.1. The molecule has 0 aliphatic heterocycles. The van der Waals surface area contributed by atoms with E-state index in [9.17, 15) is 4.79 Å². The van der Waals surface area contributed by atoms with Crippen LogP contribution >= 0.6 is 0 Å². The smallest absolute Gasteiger partial charge is 0.246 e. The minimum atomic E-state index is -0.256. The van der Waals surface area contributed by atoms with E-state index in [1.807, 2.05) is 6.92 Å². The Morgan fingerprint density at radius 1 is 0.850 bits per heavy atom. The normalized spacial score (nSPS) is 12.3. The third-order valence-corrected chi connectivity index (χ3v) is 4.05. The Morgan fingerprint density at radius 2 is 1.25 bits per heavy atom. The lowest BCUT2D eigenvalue weighted by atomic mass is 10.0. The van der Waals surface area contributed by atoms with Crippen LogP contribution in [0.15, 0.2) is 0 Å². The molecule has 0 radical (unpaired) electrons. The van der Waals surface area contributed by atoms with Gasteiger partial charge >= 0.3 is 0 Å². The number of rotatable bonds is 14. The molecule has 0 heterocycles. The van der Waals surface area contributed by atoms with Crippen molar-refractivity contribution >= 4 is 5.91 Å². The van der Waals surface area contributed by atoms with E-state index in [1.165, 1.54) is 70.6 Å². The zero-order chi connectivity index (χ0) is 15.1. The van der Waals surface area contributed by atoms with Gasteiger partial charge < -0.3 is 0 Å². The lowest BCUT2D eigenvalue weighted by Gasteiger charge is -2.08. The molecule has 0 saturated heterocycles. The third kappa shape index (κ3) is 12.5. The van der Waals surface area contributed by atoms with Gasteiger partial charge in [0.25, 0.3) is 0 Å². The van der Waals surface area contributed by atoms with Gasteiger partial charge in [-0.3, -0.25) is 10.0 Å². The lowest BCUT2D eigenvalue weighted by Crippen LogP contribution is -2.25. The van der Waals surface area contributed by atoms with Crippen molar-refractivity contribution in [2.75, 3.05) is 0 Å². The largest absolute Gasteiger partial charge is 0.289 e. The SMILES string of the molecule is CCCCCCCCCCCCCCC(C)C(=O)NO. The van der Waals surface area contributed by atoms with E-state index in [4.69, 9.17) is 5.21 Å². The summed E-state index contributed by atoms with van der Waals surface area (Å²) in [7, 11) is 0. The Morgan fingerprint density at radius 3 is 1.65 bits per heavy atom. The number of hydrogen-bond acceptors (Lipinski definition) is 2. The Labute approximate surface area is 125 Å². The van der Waals surface area contributed by atoms with E-state index >= 15 is 0 Å². The molecule has 0 spiro atoms. The van der Waals surface area contributed by atoms with Gasteiger partial charge in [-0.15, -0.1) is 0 Å². The first-order valence-electron chi connectivity index (χ1n) is 8.66. The van der Waals surface area contributed by atoms with Crippen molar-refractivity contribution in [3.63, 3.8) is 0 Å². The molecule has 3 nitrogen and oxygen atoms in total. The average Bonchev–Trinajstić information content (AvgIpc) is 2.47. The maximum Gasteiger partial charge on any atom is 0.246 e. The summed E-state index contributed by atoms with van der Waals surface area (Å²) in [6, 6.07) is 0. The number of amides is 1. The molecule has 0 bridgehead atoms. The van der Waals surface area contributed by atoms with Gasteiger partial charge in [-0.05, 0) is 6.42 Å². The fourth-order valence-electron chi connectivity index (χ4n) is 2.53. The summed E-state index contributed by atoms with van der Waals surface area (Å²) in [6.45, 7) is 4.13. The minimum absolute atomic E-state index is 0.0666. The average molecular weight is 285 g/mol. The second-order valence-corrected chi connectivity index (χ2v) is 6.05. The fraction of sp³-hybridized carbons (Fsp3) is 0.941. The molecule has 120 valence electrons. The van der Waals surface area contributed by atoms with Crippen molar-refractivity contribution in [1.82, 2.24) is 5.48 Å². The first-order valence-corrected chi connectivity index (χ1v) is 8.66. The van der Waals surface area contributed by atoms with Gasteiger partial charge in [0.05, 0.1) is 0 Å². The van der Waals surface area contributed by atoms with Crippen LogP contribution in [0.25, 0.3) is 0 Å². The van der Waals surface area contributed by atoms with Crippen LogP contribution in [0.1, 0.15) is 97.3 Å². The first kappa shape index (κ1) is 19.4. The molecule has 0 aromatic heterocycles. The molecule has 0 fully saturated rings. The predicted molar refractivity (Wildman–Crippen MR) is 84.8 cm³/mol. The first-order chi connectivity index (χ1) is 9.72. The molecule has 2 N–H and O–H groups in total. The molecule has 0 aromatic rings. The van der Waals surface area contributed by atoms with Crippen LogP contribution in [0.4, 0.5) is 0 Å². The highest BCUT2D eigenvalue weighted by atomic mass is 16.5. The number of carbonyl (C=O) groups excluding carboxylic acids is 1. The van der Waals surface area contributed by atoms with Gasteiger partial charge in [0.2, 0.25) is 5.91 Å². The van der Waals surface area contributed by atoms with Gasteiger partial charge in [-0.2, -0.15) is 0 Å². The minimum Gasteiger partial charge on any atom is -0.289 e. The molecule has 1 atom stereocenters. The molecule has 0 aliphatic carbocycles. The molecule has 0 saturated carbocycles. The third-order valence-electron chi connectivity index (χ3n) is 4.05. The quantitative estimate of drug-likeness (QED) is 0.261. The fourth-order valence-corrected chi connectivity index (χ4v) is 2.53. The molecule has 3 heteroatoms. The highest BCUT2D eigenvalue weighted by Gasteiger charge is 2.10. The highest BCUT2D eigenvalue weighted by molar-refractivity contribution is 5.76. The van der Waals surface area contributed by atoms with Gasteiger partial charge in [0.1, 0.15) is 0 Å². The number of unbranched alkanes of at least 4 members (excludes halogenated alkanes) is 11. The summed E-state index contributed by atoms with van der Waals surface area (Å²) in [5.74, 6) is -0.323. The summed E-state index contributed by atoms with van der Waals surface area (Å²) in [6.07, 6.45) is 16.9. The van der Waals surface area contributed by atoms with E-state index in [-0.39, 0.29) is 11.8 Å². The molecule has 0 aliphatic rings. The van der Waals surface area contributed by atoms with Crippen molar-refractivity contribution in [3.05, 3.63) is 0 Å². The topological polar surface area (TPSA) is 49.3 Å². The van der Waals surface area contributed by atoms with Gasteiger partial charge in [-0.25, -0.2) is 5.48 Å². The summed E-state index contributed by atoms with van der Waals surface area (Å²) in [5, 5.41) is 8.50. The maximum absolute atomic E-state index is 11.1. The van der Waals surface area contributed by atoms with Crippen LogP contribution < -0.4 is 5.48 Å². The van der Waals surface area contributed by atoms with Crippen LogP contribution in [0.3, 0.4) is 0 Å². The molecule has 0 aromatic carbocycles. The van der Waals surface area contributed by atoms with E-state index in [0.717, 1.165) is 12.8 Å². The predicted octanol–water partition coefficient (Wildman–Crippen LogP) is 5.22. The highest BCUT2D eigenvalue weighted by Crippen LogP contribution is 2.14. The Balaban J connectivity index is 3.11. The van der Waals surface area contributed by atoms with Crippen LogP contribution in [-0.2, 0) is 4.79 Å². The second-order valence-electron chi connectivity index (χ2n) is 6.05. The number of carbonyl (C=O) groups is 1. The monoisotopic (exact) mass is 285 g/mol. The van der Waals surface area contributed by atoms with Crippen LogP contribution in [0.2, 0.25) is 0 Å². The molecule has 1 unspecified atom stereocenters. The number of hydrogen-bond donors (Lipinski definition) is 2. The van der Waals surface area contributed by atoms with Gasteiger partial charge in [0, 0.05) is 5.92 Å². The number of hydroxylamine groups is 1. The van der Waals surface area contributed by atoms with Gasteiger partial charge in [0.15, 0.2) is 0 Å². The molecule has 1 amide bonds. The Hall–Kier alpha value is -0.570. The lowest BCUT2D eigenvalue weighted by molar-refractivity contribution is -0.133.